The number of hydrogen-bond donors (Lipinski definition) is 0. The van der Waals surface area contributed by atoms with E-state index in [1.807, 2.05) is 25.2 Å². The van der Waals surface area contributed by atoms with E-state index in [1.165, 1.54) is 46.5 Å². The molecule has 8 nitrogen and oxygen atoms in total. The number of aryl methyl sites for hydroxylation is 4. The molecule has 2 spiro atoms. The standard InChI is InChI=1S/C19H19N3OS.C12H12BrN3OS/c1-12-15(10-14-6-4-3-5-7-14)16-11-23-19(8-9-19)18-21-20-13(2)22(18)17(16)24-12;1-6-9(13)8-5-17-12(3-4-12)11-15-14-7(2)16(11)10(8)18-6/h3-7H,8-11H2,1-2H3;3-5H2,1-2H3. The first-order valence-electron chi connectivity index (χ1n) is 14.4. The van der Waals surface area contributed by atoms with E-state index in [9.17, 15) is 0 Å². The van der Waals surface area contributed by atoms with Crippen molar-refractivity contribution in [2.24, 2.45) is 0 Å². The minimum Gasteiger partial charge on any atom is -0.362 e. The Kier molecular flexibility index (Phi) is 6.18. The Morgan fingerprint density at radius 3 is 1.83 bits per heavy atom. The SMILES string of the molecule is Cc1sc2c(c1Br)COC1(CC1)c1nnc(C)n1-2.Cc1sc2c(c1Cc1ccccc1)COC1(CC1)c1nnc(C)n1-2. The Hall–Kier alpha value is -2.70. The third-order valence-electron chi connectivity index (χ3n) is 8.87. The van der Waals surface area contributed by atoms with E-state index >= 15 is 0 Å². The molecular weight excluding hydrogens is 632 g/mol. The van der Waals surface area contributed by atoms with E-state index in [-0.39, 0.29) is 11.2 Å². The molecule has 0 atom stereocenters. The molecule has 4 aliphatic rings. The quantitative estimate of drug-likeness (QED) is 0.198. The number of benzene rings is 1. The van der Waals surface area contributed by atoms with Crippen LogP contribution in [-0.2, 0) is 40.3 Å². The lowest BCUT2D eigenvalue weighted by Crippen LogP contribution is -2.15. The minimum absolute atomic E-state index is 0.173. The third kappa shape index (κ3) is 4.11. The lowest BCUT2D eigenvalue weighted by atomic mass is 10.0. The van der Waals surface area contributed by atoms with Crippen LogP contribution in [0.3, 0.4) is 0 Å². The van der Waals surface area contributed by atoms with Gasteiger partial charge < -0.3 is 9.47 Å². The topological polar surface area (TPSA) is 79.9 Å². The highest BCUT2D eigenvalue weighted by molar-refractivity contribution is 9.10. The summed E-state index contributed by atoms with van der Waals surface area (Å²) < 4.78 is 18.0. The van der Waals surface area contributed by atoms with Crippen LogP contribution in [0.2, 0.25) is 0 Å². The summed E-state index contributed by atoms with van der Waals surface area (Å²) in [5, 5.41) is 19.8. The van der Waals surface area contributed by atoms with Crippen LogP contribution in [0.15, 0.2) is 34.8 Å². The number of ether oxygens (including phenoxy) is 2. The first kappa shape index (κ1) is 26.9. The van der Waals surface area contributed by atoms with Gasteiger partial charge in [0.25, 0.3) is 0 Å². The molecule has 2 fully saturated rings. The maximum absolute atomic E-state index is 6.34. The summed E-state index contributed by atoms with van der Waals surface area (Å²) in [5.41, 5.74) is 4.91. The van der Waals surface area contributed by atoms with Crippen LogP contribution in [0.1, 0.15) is 81.0 Å². The second kappa shape index (κ2) is 9.65. The predicted octanol–water partition coefficient (Wildman–Crippen LogP) is 7.28. The fraction of sp³-hybridized carbons (Fsp3) is 0.419. The minimum atomic E-state index is -0.197. The molecule has 4 aromatic heterocycles. The fourth-order valence-electron chi connectivity index (χ4n) is 6.15. The fourth-order valence-corrected chi connectivity index (χ4v) is 9.14. The van der Waals surface area contributed by atoms with Crippen molar-refractivity contribution in [3.63, 3.8) is 0 Å². The maximum Gasteiger partial charge on any atom is 0.170 e. The molecule has 216 valence electrons. The van der Waals surface area contributed by atoms with Gasteiger partial charge in [-0.1, -0.05) is 30.3 Å². The Morgan fingerprint density at radius 2 is 1.26 bits per heavy atom. The lowest BCUT2D eigenvalue weighted by Gasteiger charge is -2.12. The van der Waals surface area contributed by atoms with Gasteiger partial charge in [-0.2, -0.15) is 0 Å². The zero-order valence-corrected chi connectivity index (χ0v) is 27.2. The van der Waals surface area contributed by atoms with Gasteiger partial charge >= 0.3 is 0 Å². The Morgan fingerprint density at radius 1 is 0.738 bits per heavy atom. The zero-order chi connectivity index (χ0) is 28.8. The normalized spacial score (nSPS) is 18.3. The van der Waals surface area contributed by atoms with Crippen LogP contribution in [0.25, 0.3) is 10.0 Å². The molecule has 9 rings (SSSR count). The van der Waals surface area contributed by atoms with Crippen molar-refractivity contribution < 1.29 is 9.47 Å². The number of thiophene rings is 2. The summed E-state index contributed by atoms with van der Waals surface area (Å²) >= 11 is 7.29. The molecule has 5 aromatic rings. The monoisotopic (exact) mass is 662 g/mol. The van der Waals surface area contributed by atoms with Crippen LogP contribution in [0, 0.1) is 27.7 Å². The molecule has 2 aliphatic heterocycles. The first-order valence-corrected chi connectivity index (χ1v) is 16.8. The van der Waals surface area contributed by atoms with Gasteiger partial charge in [0.2, 0.25) is 0 Å². The molecule has 0 saturated heterocycles. The number of nitrogens with zero attached hydrogens (tertiary/aromatic N) is 6. The van der Waals surface area contributed by atoms with Gasteiger partial charge in [-0.3, -0.25) is 9.13 Å². The van der Waals surface area contributed by atoms with Gasteiger partial charge in [-0.25, -0.2) is 0 Å². The number of aromatic nitrogens is 6. The van der Waals surface area contributed by atoms with Crippen molar-refractivity contribution in [1.82, 2.24) is 29.5 Å². The van der Waals surface area contributed by atoms with Crippen LogP contribution >= 0.6 is 38.6 Å². The molecule has 6 heterocycles. The molecule has 42 heavy (non-hydrogen) atoms. The molecule has 11 heteroatoms. The second-order valence-corrected chi connectivity index (χ2v) is 14.9. The van der Waals surface area contributed by atoms with E-state index < -0.39 is 0 Å². The Labute approximate surface area is 260 Å². The van der Waals surface area contributed by atoms with Crippen molar-refractivity contribution in [1.29, 1.82) is 0 Å². The van der Waals surface area contributed by atoms with Crippen molar-refractivity contribution in [3.05, 3.63) is 90.1 Å². The molecule has 1 aromatic carbocycles. The van der Waals surface area contributed by atoms with Crippen LogP contribution in [-0.4, -0.2) is 29.5 Å². The van der Waals surface area contributed by atoms with Gasteiger partial charge in [-0.05, 0) is 86.9 Å². The van der Waals surface area contributed by atoms with Gasteiger partial charge in [0.15, 0.2) is 11.6 Å². The van der Waals surface area contributed by atoms with Crippen LogP contribution in [0.5, 0.6) is 0 Å². The summed E-state index contributed by atoms with van der Waals surface area (Å²) in [7, 11) is 0. The van der Waals surface area contributed by atoms with Gasteiger partial charge in [0, 0.05) is 25.4 Å². The van der Waals surface area contributed by atoms with E-state index in [0.29, 0.717) is 13.2 Å². The van der Waals surface area contributed by atoms with Gasteiger partial charge in [0.05, 0.1) is 13.2 Å². The highest BCUT2D eigenvalue weighted by Gasteiger charge is 2.53. The van der Waals surface area contributed by atoms with E-state index in [1.54, 1.807) is 11.3 Å². The summed E-state index contributed by atoms with van der Waals surface area (Å²) in [5.74, 6) is 3.87. The van der Waals surface area contributed by atoms with Crippen molar-refractivity contribution in [2.45, 2.75) is 84.2 Å². The largest absolute Gasteiger partial charge is 0.362 e. The highest BCUT2D eigenvalue weighted by atomic mass is 79.9. The number of rotatable bonds is 2. The third-order valence-corrected chi connectivity index (χ3v) is 12.5. The average molecular weight is 664 g/mol. The average Bonchev–Trinajstić information content (AvgIpc) is 3.84. The molecule has 0 N–H and O–H groups in total. The van der Waals surface area contributed by atoms with E-state index in [0.717, 1.165) is 55.4 Å². The first-order chi connectivity index (χ1) is 20.3. The molecule has 0 unspecified atom stereocenters. The molecule has 2 aliphatic carbocycles. The lowest BCUT2D eigenvalue weighted by molar-refractivity contribution is 0.0133. The maximum atomic E-state index is 6.34. The summed E-state index contributed by atoms with van der Waals surface area (Å²) in [6, 6.07) is 10.7. The smallest absolute Gasteiger partial charge is 0.170 e. The van der Waals surface area contributed by atoms with E-state index in [4.69, 9.17) is 9.47 Å². The Bertz CT molecular complexity index is 1840. The van der Waals surface area contributed by atoms with E-state index in [2.05, 4.69) is 89.6 Å². The number of hydrogen-bond acceptors (Lipinski definition) is 8. The Balaban J connectivity index is 0.000000132. The zero-order valence-electron chi connectivity index (χ0n) is 24.0. The summed E-state index contributed by atoms with van der Waals surface area (Å²) in [6.07, 6.45) is 5.15. The summed E-state index contributed by atoms with van der Waals surface area (Å²) in [6.45, 7) is 9.70. The molecule has 0 amide bonds. The molecule has 2 saturated carbocycles. The molecule has 0 radical (unpaired) electrons. The molecule has 0 bridgehead atoms. The number of halogens is 1. The van der Waals surface area contributed by atoms with Crippen molar-refractivity contribution >= 4 is 38.6 Å². The highest BCUT2D eigenvalue weighted by Crippen LogP contribution is 2.54. The predicted molar refractivity (Wildman–Crippen MR) is 166 cm³/mol. The molecular formula is C31H31BrN6O2S2. The van der Waals surface area contributed by atoms with Crippen molar-refractivity contribution in [2.75, 3.05) is 0 Å². The number of fused-ring (bicyclic) bond motifs is 8. The van der Waals surface area contributed by atoms with Gasteiger partial charge in [0.1, 0.15) is 32.9 Å². The van der Waals surface area contributed by atoms with Crippen molar-refractivity contribution in [3.8, 4) is 10.0 Å². The van der Waals surface area contributed by atoms with Crippen LogP contribution in [0.4, 0.5) is 0 Å². The van der Waals surface area contributed by atoms with Gasteiger partial charge in [-0.15, -0.1) is 43.1 Å². The summed E-state index contributed by atoms with van der Waals surface area (Å²) in [4.78, 5) is 2.63. The second-order valence-electron chi connectivity index (χ2n) is 11.7. The van der Waals surface area contributed by atoms with Crippen LogP contribution < -0.4 is 0 Å².